The first-order chi connectivity index (χ1) is 12.6. The van der Waals surface area contributed by atoms with Crippen molar-refractivity contribution in [2.75, 3.05) is 5.32 Å². The summed E-state index contributed by atoms with van der Waals surface area (Å²) in [5.41, 5.74) is 3.18. The molecule has 4 aromatic rings. The maximum atomic E-state index is 14.2. The predicted octanol–water partition coefficient (Wildman–Crippen LogP) is 6.25. The molecule has 1 aromatic heterocycles. The largest absolute Gasteiger partial charge is 0.339 e. The third-order valence-electron chi connectivity index (χ3n) is 4.10. The van der Waals surface area contributed by atoms with Gasteiger partial charge >= 0.3 is 0 Å². The van der Waals surface area contributed by atoms with E-state index in [0.717, 1.165) is 26.6 Å². The van der Waals surface area contributed by atoms with Gasteiger partial charge < -0.3 is 5.32 Å². The van der Waals surface area contributed by atoms with Crippen molar-refractivity contribution in [1.29, 1.82) is 0 Å². The number of benzene rings is 3. The van der Waals surface area contributed by atoms with Gasteiger partial charge in [-0.25, -0.2) is 14.4 Å². The van der Waals surface area contributed by atoms with E-state index in [1.807, 2.05) is 49.4 Å². The van der Waals surface area contributed by atoms with Crippen LogP contribution in [-0.4, -0.2) is 9.97 Å². The number of halogens is 2. The minimum atomic E-state index is -0.342. The van der Waals surface area contributed by atoms with E-state index in [4.69, 9.17) is 0 Å². The molecule has 0 spiro atoms. The molecule has 0 fully saturated rings. The van der Waals surface area contributed by atoms with Crippen LogP contribution in [0.5, 0.6) is 0 Å². The first-order valence-corrected chi connectivity index (χ1v) is 8.96. The van der Waals surface area contributed by atoms with Gasteiger partial charge in [-0.1, -0.05) is 30.3 Å². The Morgan fingerprint density at radius 3 is 2.50 bits per heavy atom. The molecule has 128 valence electrons. The van der Waals surface area contributed by atoms with Gasteiger partial charge in [0.2, 0.25) is 0 Å². The predicted molar refractivity (Wildman–Crippen MR) is 107 cm³/mol. The molecule has 3 aromatic carbocycles. The monoisotopic (exact) mass is 407 g/mol. The van der Waals surface area contributed by atoms with Crippen LogP contribution < -0.4 is 5.32 Å². The average Bonchev–Trinajstić information content (AvgIpc) is 2.64. The van der Waals surface area contributed by atoms with E-state index in [-0.39, 0.29) is 5.82 Å². The standard InChI is InChI=1S/C21H15BrFN3/c1-13-10-11-19(16(22)12-13)25-21-15-7-3-5-9-18(15)24-20(26-21)14-6-2-4-8-17(14)23/h2-12H,1H3,(H,24,25,26). The zero-order valence-electron chi connectivity index (χ0n) is 14.0. The number of nitrogens with zero attached hydrogens (tertiary/aromatic N) is 2. The first-order valence-electron chi connectivity index (χ1n) is 8.17. The summed E-state index contributed by atoms with van der Waals surface area (Å²) >= 11 is 3.58. The lowest BCUT2D eigenvalue weighted by Gasteiger charge is -2.13. The number of aromatic nitrogens is 2. The highest BCUT2D eigenvalue weighted by Gasteiger charge is 2.13. The van der Waals surface area contributed by atoms with Gasteiger partial charge in [-0.3, -0.25) is 0 Å². The second-order valence-corrected chi connectivity index (χ2v) is 6.86. The smallest absolute Gasteiger partial charge is 0.165 e. The van der Waals surface area contributed by atoms with Gasteiger partial charge in [0.15, 0.2) is 5.82 Å². The number of fused-ring (bicyclic) bond motifs is 1. The van der Waals surface area contributed by atoms with E-state index in [1.54, 1.807) is 18.2 Å². The molecule has 4 rings (SSSR count). The summed E-state index contributed by atoms with van der Waals surface area (Å²) in [5, 5.41) is 4.23. The van der Waals surface area contributed by atoms with Gasteiger partial charge in [-0.2, -0.15) is 0 Å². The number of para-hydroxylation sites is 1. The maximum Gasteiger partial charge on any atom is 0.165 e. The summed E-state index contributed by atoms with van der Waals surface area (Å²) < 4.78 is 15.2. The van der Waals surface area contributed by atoms with Gasteiger partial charge in [0.25, 0.3) is 0 Å². The molecule has 1 N–H and O–H groups in total. The molecule has 3 nitrogen and oxygen atoms in total. The van der Waals surface area contributed by atoms with Crippen molar-refractivity contribution in [1.82, 2.24) is 9.97 Å². The lowest BCUT2D eigenvalue weighted by molar-refractivity contribution is 0.630. The molecule has 0 aliphatic rings. The zero-order valence-corrected chi connectivity index (χ0v) is 15.6. The number of rotatable bonds is 3. The summed E-state index contributed by atoms with van der Waals surface area (Å²) in [6.45, 7) is 2.03. The van der Waals surface area contributed by atoms with Crippen molar-refractivity contribution in [3.8, 4) is 11.4 Å². The average molecular weight is 408 g/mol. The molecule has 0 radical (unpaired) electrons. The summed E-state index contributed by atoms with van der Waals surface area (Å²) in [6, 6.07) is 20.3. The number of hydrogen-bond donors (Lipinski definition) is 1. The molecule has 5 heteroatoms. The SMILES string of the molecule is Cc1ccc(Nc2nc(-c3ccccc3F)nc3ccccc23)c(Br)c1. The van der Waals surface area contributed by atoms with Crippen LogP contribution in [0.15, 0.2) is 71.2 Å². The van der Waals surface area contributed by atoms with Crippen LogP contribution in [-0.2, 0) is 0 Å². The quantitative estimate of drug-likeness (QED) is 0.435. The second-order valence-electron chi connectivity index (χ2n) is 6.00. The Balaban J connectivity index is 1.89. The molecular formula is C21H15BrFN3. The van der Waals surface area contributed by atoms with Gasteiger partial charge in [-0.15, -0.1) is 0 Å². The molecule has 0 saturated carbocycles. The highest BCUT2D eigenvalue weighted by molar-refractivity contribution is 9.10. The fourth-order valence-electron chi connectivity index (χ4n) is 2.78. The van der Waals surface area contributed by atoms with Crippen molar-refractivity contribution in [3.05, 3.63) is 82.6 Å². The molecule has 0 aliphatic heterocycles. The van der Waals surface area contributed by atoms with Crippen molar-refractivity contribution in [2.45, 2.75) is 6.92 Å². The van der Waals surface area contributed by atoms with Gasteiger partial charge in [0.1, 0.15) is 11.6 Å². The topological polar surface area (TPSA) is 37.8 Å². The normalized spacial score (nSPS) is 10.9. The van der Waals surface area contributed by atoms with E-state index in [2.05, 4.69) is 31.2 Å². The Hall–Kier alpha value is -2.79. The molecule has 0 unspecified atom stereocenters. The number of anilines is 2. The van der Waals surface area contributed by atoms with E-state index >= 15 is 0 Å². The molecule has 0 amide bonds. The summed E-state index contributed by atoms with van der Waals surface area (Å²) in [5.74, 6) is 0.649. The Labute approximate surface area is 159 Å². The second kappa shape index (κ2) is 6.84. The van der Waals surface area contributed by atoms with Crippen LogP contribution in [0.4, 0.5) is 15.9 Å². The summed E-state index contributed by atoms with van der Waals surface area (Å²) in [7, 11) is 0. The minimum Gasteiger partial charge on any atom is -0.339 e. The third-order valence-corrected chi connectivity index (χ3v) is 4.75. The Morgan fingerprint density at radius 1 is 0.923 bits per heavy atom. The highest BCUT2D eigenvalue weighted by Crippen LogP contribution is 2.31. The van der Waals surface area contributed by atoms with Crippen LogP contribution in [0.1, 0.15) is 5.56 Å². The molecule has 26 heavy (non-hydrogen) atoms. The molecule has 0 atom stereocenters. The van der Waals surface area contributed by atoms with E-state index in [1.165, 1.54) is 6.07 Å². The molecule has 0 saturated heterocycles. The van der Waals surface area contributed by atoms with Crippen molar-refractivity contribution in [3.63, 3.8) is 0 Å². The fourth-order valence-corrected chi connectivity index (χ4v) is 3.38. The molecular weight excluding hydrogens is 393 g/mol. The van der Waals surface area contributed by atoms with Crippen LogP contribution in [0.3, 0.4) is 0 Å². The van der Waals surface area contributed by atoms with Crippen LogP contribution in [0.2, 0.25) is 0 Å². The highest BCUT2D eigenvalue weighted by atomic mass is 79.9. The Morgan fingerprint density at radius 2 is 1.69 bits per heavy atom. The van der Waals surface area contributed by atoms with Crippen molar-refractivity contribution in [2.24, 2.45) is 0 Å². The Kier molecular flexibility index (Phi) is 4.39. The maximum absolute atomic E-state index is 14.2. The minimum absolute atomic E-state index is 0.342. The van der Waals surface area contributed by atoms with Crippen LogP contribution in [0, 0.1) is 12.7 Å². The van der Waals surface area contributed by atoms with Gasteiger partial charge in [0.05, 0.1) is 16.8 Å². The lowest BCUT2D eigenvalue weighted by Crippen LogP contribution is -2.01. The molecule has 0 aliphatic carbocycles. The summed E-state index contributed by atoms with van der Waals surface area (Å²) in [6.07, 6.45) is 0. The third kappa shape index (κ3) is 3.18. The Bertz CT molecular complexity index is 1110. The number of nitrogens with one attached hydrogen (secondary N) is 1. The number of hydrogen-bond acceptors (Lipinski definition) is 3. The van der Waals surface area contributed by atoms with E-state index in [9.17, 15) is 4.39 Å². The van der Waals surface area contributed by atoms with Crippen LogP contribution in [0.25, 0.3) is 22.3 Å². The molecule has 1 heterocycles. The number of aryl methyl sites for hydroxylation is 1. The first kappa shape index (κ1) is 16.7. The van der Waals surface area contributed by atoms with Gasteiger partial charge in [0, 0.05) is 9.86 Å². The van der Waals surface area contributed by atoms with E-state index < -0.39 is 0 Å². The zero-order chi connectivity index (χ0) is 18.1. The van der Waals surface area contributed by atoms with Crippen LogP contribution >= 0.6 is 15.9 Å². The summed E-state index contributed by atoms with van der Waals surface area (Å²) in [4.78, 5) is 9.15. The van der Waals surface area contributed by atoms with Crippen molar-refractivity contribution < 1.29 is 4.39 Å². The van der Waals surface area contributed by atoms with Gasteiger partial charge in [-0.05, 0) is 64.8 Å². The van der Waals surface area contributed by atoms with E-state index in [0.29, 0.717) is 17.2 Å². The van der Waals surface area contributed by atoms with Crippen molar-refractivity contribution >= 4 is 38.3 Å². The fraction of sp³-hybridized carbons (Fsp3) is 0.0476. The molecule has 0 bridgehead atoms. The lowest BCUT2D eigenvalue weighted by atomic mass is 10.1.